The lowest BCUT2D eigenvalue weighted by molar-refractivity contribution is -0.884. The van der Waals surface area contributed by atoms with Crippen molar-refractivity contribution in [3.05, 3.63) is 71.0 Å². The molecule has 4 aromatic rings. The summed E-state index contributed by atoms with van der Waals surface area (Å²) < 4.78 is 2.22. The summed E-state index contributed by atoms with van der Waals surface area (Å²) in [6, 6.07) is 14.9. The number of nitrogens with zero attached hydrogens (tertiary/aromatic N) is 3. The molecule has 49 heavy (non-hydrogen) atoms. The summed E-state index contributed by atoms with van der Waals surface area (Å²) in [7, 11) is 0. The fourth-order valence-corrected chi connectivity index (χ4v) is 7.03. The van der Waals surface area contributed by atoms with E-state index >= 15 is 0 Å². The van der Waals surface area contributed by atoms with Gasteiger partial charge < -0.3 is 10.6 Å². The average molecular weight is 713 g/mol. The topological polar surface area (TPSA) is 75.5 Å². The zero-order valence-electron chi connectivity index (χ0n) is 29.6. The van der Waals surface area contributed by atoms with Gasteiger partial charge in [0, 0.05) is 70.0 Å². The normalized spacial score (nSPS) is 11.6. The second-order valence-corrected chi connectivity index (χ2v) is 14.3. The van der Waals surface area contributed by atoms with Gasteiger partial charge in [-0.3, -0.25) is 15.3 Å². The van der Waals surface area contributed by atoms with Crippen LogP contribution >= 0.6 is 23.2 Å². The fourth-order valence-electron chi connectivity index (χ4n) is 6.70. The van der Waals surface area contributed by atoms with Crippen LogP contribution in [0.15, 0.2) is 60.9 Å². The lowest BCUT2D eigenvalue weighted by atomic mass is 10.0. The number of nitrogens with one attached hydrogen (secondary N) is 2. The Morgan fingerprint density at radius 1 is 0.531 bits per heavy atom. The van der Waals surface area contributed by atoms with Gasteiger partial charge in [0.25, 0.3) is 11.0 Å². The molecule has 0 atom stereocenters. The number of anilines is 2. The summed E-state index contributed by atoms with van der Waals surface area (Å²) in [5, 5.41) is 30.8. The highest BCUT2D eigenvalue weighted by Gasteiger charge is 2.15. The first kappa shape index (κ1) is 38.8. The van der Waals surface area contributed by atoms with Gasteiger partial charge >= 0.3 is 0 Å². The molecular formula is C40H59Cl2N5O2+2. The van der Waals surface area contributed by atoms with Crippen molar-refractivity contribution in [3.8, 4) is 0 Å². The first-order valence-electron chi connectivity index (χ1n) is 18.8. The molecule has 2 heterocycles. The molecule has 0 aliphatic rings. The van der Waals surface area contributed by atoms with Gasteiger partial charge in [0.05, 0.1) is 22.1 Å². The molecule has 0 aliphatic heterocycles. The van der Waals surface area contributed by atoms with Crippen LogP contribution < -0.4 is 20.1 Å². The third-order valence-electron chi connectivity index (χ3n) is 9.57. The van der Waals surface area contributed by atoms with Crippen LogP contribution in [0.4, 0.5) is 11.4 Å². The second-order valence-electron chi connectivity index (χ2n) is 13.5. The van der Waals surface area contributed by atoms with Crippen molar-refractivity contribution >= 4 is 56.4 Å². The SMILES string of the molecule is CCCCCCCCCCCCCCCCCCN(CCNc1cc[n+](O)c2cc(Cl)ccc12)CCNc1cc[n+](O)c2cc(Cl)ccc12. The Balaban J connectivity index is 1.19. The number of halogens is 2. The van der Waals surface area contributed by atoms with E-state index in [2.05, 4.69) is 22.5 Å². The highest BCUT2D eigenvalue weighted by atomic mass is 35.5. The number of hydrogen-bond acceptors (Lipinski definition) is 5. The maximum Gasteiger partial charge on any atom is 0.268 e. The lowest BCUT2D eigenvalue weighted by Gasteiger charge is -2.23. The molecule has 2 aromatic carbocycles. The molecule has 0 spiro atoms. The molecule has 0 saturated carbocycles. The molecule has 0 bridgehead atoms. The lowest BCUT2D eigenvalue weighted by Crippen LogP contribution is -2.35. The predicted molar refractivity (Wildman–Crippen MR) is 206 cm³/mol. The highest BCUT2D eigenvalue weighted by molar-refractivity contribution is 6.31. The molecule has 0 fully saturated rings. The van der Waals surface area contributed by atoms with E-state index < -0.39 is 0 Å². The molecule has 0 radical (unpaired) electrons. The van der Waals surface area contributed by atoms with Crippen LogP contribution in [0.3, 0.4) is 0 Å². The zero-order chi connectivity index (χ0) is 34.7. The van der Waals surface area contributed by atoms with Crippen molar-refractivity contribution in [2.24, 2.45) is 0 Å². The Morgan fingerprint density at radius 2 is 0.918 bits per heavy atom. The monoisotopic (exact) mass is 711 g/mol. The molecule has 7 nitrogen and oxygen atoms in total. The second kappa shape index (κ2) is 22.0. The molecule has 0 saturated heterocycles. The van der Waals surface area contributed by atoms with Crippen LogP contribution in [0.25, 0.3) is 21.8 Å². The first-order valence-corrected chi connectivity index (χ1v) is 19.6. The van der Waals surface area contributed by atoms with Crippen molar-refractivity contribution in [1.82, 2.24) is 4.90 Å². The number of pyridine rings is 2. The molecule has 0 aliphatic carbocycles. The van der Waals surface area contributed by atoms with Gasteiger partial charge in [0.2, 0.25) is 12.4 Å². The third-order valence-corrected chi connectivity index (χ3v) is 10.0. The standard InChI is InChI=1S/C40H57Cl2N5O2/c1-2-3-4-5-6-7-8-9-10-11-12-13-14-15-16-17-26-45(29-24-43-37-22-27-46(48)39-31-33(41)18-20-35(37)39)30-25-44-38-23-28-47(49)40-32-34(42)19-21-36(38)40/h18-23,27-28,31-32,48-49H,2-17,24-26,29-30H2,1H3/p+2. The van der Waals surface area contributed by atoms with E-state index in [0.717, 1.165) is 64.3 Å². The van der Waals surface area contributed by atoms with Crippen molar-refractivity contribution in [2.75, 3.05) is 43.4 Å². The van der Waals surface area contributed by atoms with Gasteiger partial charge in [-0.2, -0.15) is 0 Å². The minimum Gasteiger partial charge on any atom is -0.383 e. The van der Waals surface area contributed by atoms with Crippen molar-refractivity contribution < 1.29 is 19.9 Å². The average Bonchev–Trinajstić information content (AvgIpc) is 3.10. The quantitative estimate of drug-likeness (QED) is 0.0313. The van der Waals surface area contributed by atoms with Crippen molar-refractivity contribution in [3.63, 3.8) is 0 Å². The molecule has 2 aromatic heterocycles. The van der Waals surface area contributed by atoms with Gasteiger partial charge in [-0.1, -0.05) is 126 Å². The summed E-state index contributed by atoms with van der Waals surface area (Å²) >= 11 is 12.4. The number of hydrogen-bond donors (Lipinski definition) is 4. The largest absolute Gasteiger partial charge is 0.383 e. The van der Waals surface area contributed by atoms with Crippen LogP contribution in [-0.2, 0) is 0 Å². The van der Waals surface area contributed by atoms with E-state index in [1.54, 1.807) is 24.5 Å². The van der Waals surface area contributed by atoms with Gasteiger partial charge in [-0.25, -0.2) is 0 Å². The Bertz CT molecular complexity index is 1460. The fraction of sp³-hybridized carbons (Fsp3) is 0.550. The smallest absolute Gasteiger partial charge is 0.268 e. The zero-order valence-corrected chi connectivity index (χ0v) is 31.1. The Morgan fingerprint density at radius 3 is 1.33 bits per heavy atom. The molecule has 4 N–H and O–H groups in total. The summed E-state index contributed by atoms with van der Waals surface area (Å²) in [5.74, 6) is 0. The van der Waals surface area contributed by atoms with Crippen LogP contribution in [-0.4, -0.2) is 48.0 Å². The van der Waals surface area contributed by atoms with Crippen LogP contribution in [0, 0.1) is 0 Å². The first-order chi connectivity index (χ1) is 24.0. The minimum absolute atomic E-state index is 0.591. The van der Waals surface area contributed by atoms with E-state index in [9.17, 15) is 10.4 Å². The number of aromatic nitrogens is 2. The summed E-state index contributed by atoms with van der Waals surface area (Å²) in [5.41, 5.74) is 3.30. The molecule has 9 heteroatoms. The van der Waals surface area contributed by atoms with Crippen LogP contribution in [0.5, 0.6) is 0 Å². The van der Waals surface area contributed by atoms with E-state index in [1.807, 2.05) is 36.4 Å². The van der Waals surface area contributed by atoms with E-state index in [0.29, 0.717) is 21.1 Å². The molecular weight excluding hydrogens is 653 g/mol. The molecule has 0 amide bonds. The summed E-state index contributed by atoms with van der Waals surface area (Å²) in [4.78, 5) is 2.52. The highest BCUT2D eigenvalue weighted by Crippen LogP contribution is 2.25. The van der Waals surface area contributed by atoms with Gasteiger partial charge in [-0.05, 0) is 37.2 Å². The van der Waals surface area contributed by atoms with Gasteiger partial charge in [0.15, 0.2) is 0 Å². The molecule has 268 valence electrons. The molecule has 4 rings (SSSR count). The van der Waals surface area contributed by atoms with Crippen LogP contribution in [0.2, 0.25) is 10.0 Å². The number of unbranched alkanes of at least 4 members (excludes halogenated alkanes) is 15. The molecule has 0 unspecified atom stereocenters. The summed E-state index contributed by atoms with van der Waals surface area (Å²) in [6.07, 6.45) is 25.2. The van der Waals surface area contributed by atoms with Gasteiger partial charge in [0.1, 0.15) is 0 Å². The van der Waals surface area contributed by atoms with Crippen LogP contribution in [0.1, 0.15) is 110 Å². The van der Waals surface area contributed by atoms with E-state index in [4.69, 9.17) is 23.2 Å². The Hall–Kier alpha value is -3.00. The predicted octanol–water partition coefficient (Wildman–Crippen LogP) is 10.4. The Kier molecular flexibility index (Phi) is 17.4. The van der Waals surface area contributed by atoms with Crippen molar-refractivity contribution in [2.45, 2.75) is 110 Å². The Labute approximate surface area is 304 Å². The van der Waals surface area contributed by atoms with Gasteiger partial charge in [-0.15, -0.1) is 0 Å². The maximum atomic E-state index is 10.3. The third kappa shape index (κ3) is 13.3. The number of rotatable bonds is 25. The van der Waals surface area contributed by atoms with E-state index in [1.165, 1.54) is 103 Å². The van der Waals surface area contributed by atoms with E-state index in [-0.39, 0.29) is 0 Å². The van der Waals surface area contributed by atoms with Crippen molar-refractivity contribution in [1.29, 1.82) is 0 Å². The summed E-state index contributed by atoms with van der Waals surface area (Å²) in [6.45, 7) is 6.68. The maximum absolute atomic E-state index is 10.3. The number of benzene rings is 2. The number of fused-ring (bicyclic) bond motifs is 2. The minimum atomic E-state index is 0.591.